The van der Waals surface area contributed by atoms with E-state index in [1.54, 1.807) is 0 Å². The van der Waals surface area contributed by atoms with Crippen LogP contribution in [0.15, 0.2) is 45.6 Å². The summed E-state index contributed by atoms with van der Waals surface area (Å²) in [6.45, 7) is -0.306. The molecule has 3 aliphatic heterocycles. The molecule has 4 heterocycles. The number of phenolic OH excluding ortho intramolecular Hbond substituents is 2. The normalized spacial score (nSPS) is 38.3. The number of benzene rings is 2. The van der Waals surface area contributed by atoms with Crippen molar-refractivity contribution in [2.75, 3.05) is 13.2 Å². The van der Waals surface area contributed by atoms with Crippen LogP contribution < -0.4 is 10.2 Å². The minimum absolute atomic E-state index is 0.113. The van der Waals surface area contributed by atoms with Crippen LogP contribution in [0.4, 0.5) is 0 Å². The molecule has 3 aromatic rings. The van der Waals surface area contributed by atoms with Crippen molar-refractivity contribution in [2.24, 2.45) is 0 Å². The molecule has 0 aliphatic carbocycles. The zero-order valence-electron chi connectivity index (χ0n) is 27.3. The van der Waals surface area contributed by atoms with Gasteiger partial charge < -0.3 is 89.4 Å². The first-order valence-corrected chi connectivity index (χ1v) is 16.2. The molecular weight excluding hydrogens is 700 g/mol. The van der Waals surface area contributed by atoms with Crippen LogP contribution in [0.1, 0.15) is 18.6 Å². The minimum Gasteiger partial charge on any atom is -0.508 e. The number of phenols is 2. The molecule has 286 valence electrons. The highest BCUT2D eigenvalue weighted by Gasteiger charge is 2.52. The average molecular weight is 741 g/mol. The number of hydrogen-bond acceptors (Lipinski definition) is 19. The lowest BCUT2D eigenvalue weighted by molar-refractivity contribution is -0.338. The van der Waals surface area contributed by atoms with E-state index in [4.69, 9.17) is 28.1 Å². The maximum atomic E-state index is 13.9. The monoisotopic (exact) mass is 740 g/mol. The van der Waals surface area contributed by atoms with Gasteiger partial charge in [0, 0.05) is 17.7 Å². The maximum Gasteiger partial charge on any atom is 0.229 e. The summed E-state index contributed by atoms with van der Waals surface area (Å²) in [5, 5.41) is 125. The van der Waals surface area contributed by atoms with Crippen LogP contribution in [0.2, 0.25) is 0 Å². The molecule has 0 bridgehead atoms. The Morgan fingerprint density at radius 3 is 1.94 bits per heavy atom. The third-order valence-electron chi connectivity index (χ3n) is 9.48. The fourth-order valence-corrected chi connectivity index (χ4v) is 6.49. The third-order valence-corrected chi connectivity index (χ3v) is 9.48. The van der Waals surface area contributed by atoms with Gasteiger partial charge in [-0.15, -0.1) is 0 Å². The number of aliphatic hydroxyl groups excluding tert-OH is 10. The summed E-state index contributed by atoms with van der Waals surface area (Å²) in [7, 11) is 0. The van der Waals surface area contributed by atoms with Gasteiger partial charge in [0.1, 0.15) is 102 Å². The number of aliphatic hydroxyl groups is 10. The van der Waals surface area contributed by atoms with Crippen molar-refractivity contribution in [2.45, 2.75) is 98.9 Å². The van der Waals surface area contributed by atoms with Crippen molar-refractivity contribution in [3.8, 4) is 28.6 Å². The highest BCUT2D eigenvalue weighted by atomic mass is 16.7. The molecule has 0 unspecified atom stereocenters. The van der Waals surface area contributed by atoms with Gasteiger partial charge in [-0.2, -0.15) is 0 Å². The van der Waals surface area contributed by atoms with Gasteiger partial charge in [-0.1, -0.05) is 0 Å². The van der Waals surface area contributed by atoms with Crippen LogP contribution >= 0.6 is 0 Å². The third kappa shape index (κ3) is 6.85. The summed E-state index contributed by atoms with van der Waals surface area (Å²) in [4.78, 5) is 13.9. The summed E-state index contributed by atoms with van der Waals surface area (Å²) in [5.41, 5.74) is -1.51. The summed E-state index contributed by atoms with van der Waals surface area (Å²) >= 11 is 0. The summed E-state index contributed by atoms with van der Waals surface area (Å²) in [6.07, 6.45) is -25.8. The van der Waals surface area contributed by atoms with Gasteiger partial charge >= 0.3 is 0 Å². The predicted octanol–water partition coefficient (Wildman–Crippen LogP) is -3.58. The predicted molar refractivity (Wildman–Crippen MR) is 170 cm³/mol. The van der Waals surface area contributed by atoms with Crippen molar-refractivity contribution in [3.63, 3.8) is 0 Å². The van der Waals surface area contributed by atoms with Gasteiger partial charge in [-0.05, 0) is 31.2 Å². The first-order chi connectivity index (χ1) is 24.7. The minimum atomic E-state index is -1.96. The Balaban J connectivity index is 1.52. The van der Waals surface area contributed by atoms with E-state index in [2.05, 4.69) is 0 Å². The summed E-state index contributed by atoms with van der Waals surface area (Å²) in [5.74, 6) is -1.53. The van der Waals surface area contributed by atoms with E-state index < -0.39 is 139 Å². The van der Waals surface area contributed by atoms with E-state index >= 15 is 0 Å². The fourth-order valence-electron chi connectivity index (χ4n) is 6.49. The Kier molecular flexibility index (Phi) is 11.1. The van der Waals surface area contributed by atoms with Crippen LogP contribution in [0.25, 0.3) is 22.3 Å². The molecule has 12 N–H and O–H groups in total. The second-order valence-electron chi connectivity index (χ2n) is 12.9. The topological polar surface area (TPSA) is 319 Å². The van der Waals surface area contributed by atoms with Gasteiger partial charge in [-0.3, -0.25) is 4.79 Å². The van der Waals surface area contributed by atoms with E-state index in [1.165, 1.54) is 31.2 Å². The molecule has 3 aliphatic rings. The maximum absolute atomic E-state index is 13.9. The first-order valence-electron chi connectivity index (χ1n) is 16.2. The second kappa shape index (κ2) is 15.1. The van der Waals surface area contributed by atoms with Gasteiger partial charge in [0.15, 0.2) is 17.3 Å². The van der Waals surface area contributed by atoms with Crippen LogP contribution in [0, 0.1) is 0 Å². The quantitative estimate of drug-likeness (QED) is 0.106. The standard InChI is InChI=1S/C33H40O19/c1-10-21(39)24(42)27(45)32(47-10)52-31-26(44)23(41)17(8-34)49-30(31)20-14(38)7-16(50-33-28(46)25(43)22(40)18(9-35)51-33)19-13(37)6-15(48-29(19)20)11-2-4-12(36)5-3-11/h2-7,10,17-18,21-28,30-36,38-46H,8-9H2,1H3/t10-,17-,18+,21-,22+,23+,24+,25-,26+,27-,28+,30-,31-,32+,33+/m1/s1. The van der Waals surface area contributed by atoms with E-state index in [-0.39, 0.29) is 17.1 Å². The highest BCUT2D eigenvalue weighted by molar-refractivity contribution is 5.90. The van der Waals surface area contributed by atoms with Crippen LogP contribution in [-0.4, -0.2) is 160 Å². The molecule has 3 saturated heterocycles. The van der Waals surface area contributed by atoms with E-state index in [0.29, 0.717) is 0 Å². The molecule has 6 rings (SSSR count). The van der Waals surface area contributed by atoms with E-state index in [0.717, 1.165) is 12.1 Å². The van der Waals surface area contributed by atoms with Crippen LogP contribution in [0.5, 0.6) is 17.2 Å². The van der Waals surface area contributed by atoms with Crippen molar-refractivity contribution in [1.29, 1.82) is 0 Å². The molecule has 52 heavy (non-hydrogen) atoms. The number of hydrogen-bond donors (Lipinski definition) is 12. The molecule has 3 fully saturated rings. The fraction of sp³-hybridized carbons (Fsp3) is 0.545. The van der Waals surface area contributed by atoms with Crippen LogP contribution in [-0.2, 0) is 18.9 Å². The molecule has 1 aromatic heterocycles. The molecule has 0 amide bonds. The largest absolute Gasteiger partial charge is 0.508 e. The van der Waals surface area contributed by atoms with Crippen LogP contribution in [0.3, 0.4) is 0 Å². The summed E-state index contributed by atoms with van der Waals surface area (Å²) in [6, 6.07) is 7.31. The number of ether oxygens (including phenoxy) is 5. The zero-order chi connectivity index (χ0) is 37.8. The lowest BCUT2D eigenvalue weighted by Gasteiger charge is -2.46. The van der Waals surface area contributed by atoms with Crippen molar-refractivity contribution in [3.05, 3.63) is 52.2 Å². The molecule has 0 radical (unpaired) electrons. The van der Waals surface area contributed by atoms with Gasteiger partial charge in [0.2, 0.25) is 6.29 Å². The van der Waals surface area contributed by atoms with E-state index in [9.17, 15) is 66.1 Å². The Morgan fingerprint density at radius 1 is 0.692 bits per heavy atom. The molecule has 15 atom stereocenters. The molecular formula is C33H40O19. The SMILES string of the molecule is C[C@H]1O[C@@H](O[C@@H]2[C@@H](O)[C@@H](O)[C@@H](CO)O[C@@H]2c2c(O)cc(O[C@H]3O[C@@H](CO)[C@H](O)[C@@H](O)[C@@H]3O)c3c(=O)cc(-c4ccc(O)cc4)oc23)[C@H](O)[C@@H](O)[C@@H]1O. The highest BCUT2D eigenvalue weighted by Crippen LogP contribution is 2.46. The van der Waals surface area contributed by atoms with Crippen molar-refractivity contribution in [1.82, 2.24) is 0 Å². The lowest BCUT2D eigenvalue weighted by atomic mass is 9.89. The Bertz CT molecular complexity index is 1760. The molecule has 0 saturated carbocycles. The number of rotatable bonds is 8. The molecule has 19 heteroatoms. The number of fused-ring (bicyclic) bond motifs is 1. The lowest BCUT2D eigenvalue weighted by Crippen LogP contribution is -2.61. The summed E-state index contributed by atoms with van der Waals surface area (Å²) < 4.78 is 34.7. The van der Waals surface area contributed by atoms with E-state index in [1.807, 2.05) is 0 Å². The molecule has 0 spiro atoms. The zero-order valence-corrected chi connectivity index (χ0v) is 27.3. The van der Waals surface area contributed by atoms with Gasteiger partial charge in [0.05, 0.1) is 24.9 Å². The molecule has 2 aromatic carbocycles. The molecule has 19 nitrogen and oxygen atoms in total. The Labute approximate surface area is 293 Å². The first kappa shape index (κ1) is 38.2. The average Bonchev–Trinajstić information content (AvgIpc) is 3.12. The Hall–Kier alpha value is -3.51. The van der Waals surface area contributed by atoms with Gasteiger partial charge in [-0.25, -0.2) is 0 Å². The second-order valence-corrected chi connectivity index (χ2v) is 12.9. The smallest absolute Gasteiger partial charge is 0.229 e. The van der Waals surface area contributed by atoms with Crippen molar-refractivity contribution < 1.29 is 89.4 Å². The van der Waals surface area contributed by atoms with Crippen molar-refractivity contribution >= 4 is 11.0 Å². The number of aromatic hydroxyl groups is 2. The Morgan fingerprint density at radius 2 is 1.29 bits per heavy atom. The van der Waals surface area contributed by atoms with Gasteiger partial charge in [0.25, 0.3) is 0 Å².